The first-order valence-electron chi connectivity index (χ1n) is 7.12. The molecule has 2 aromatic carbocycles. The minimum absolute atomic E-state index is 0. The molecule has 0 unspecified atom stereocenters. The first-order valence-corrected chi connectivity index (χ1v) is 9.35. The second-order valence-corrected chi connectivity index (χ2v) is 7.96. The zero-order chi connectivity index (χ0) is 18.8. The van der Waals surface area contributed by atoms with Crippen molar-refractivity contribution in [3.63, 3.8) is 0 Å². The summed E-state index contributed by atoms with van der Waals surface area (Å²) in [5.41, 5.74) is 5.20. The van der Waals surface area contributed by atoms with Gasteiger partial charge in [0, 0.05) is 23.2 Å². The number of non-ortho nitro benzene ring substituents is 1. The minimum atomic E-state index is -4.18. The topological polar surface area (TPSA) is 107 Å². The summed E-state index contributed by atoms with van der Waals surface area (Å²) in [5, 5.41) is 10.7. The fraction of sp³-hybridized carbons (Fsp3) is 0.200. The van der Waals surface area contributed by atoms with Gasteiger partial charge in [-0.15, -0.1) is 12.4 Å². The third kappa shape index (κ3) is 4.50. The van der Waals surface area contributed by atoms with Gasteiger partial charge >= 0.3 is 0 Å². The predicted octanol–water partition coefficient (Wildman–Crippen LogP) is 3.46. The number of nitro groups is 1. The maximum atomic E-state index is 14.3. The first-order chi connectivity index (χ1) is 11.7. The first kappa shape index (κ1) is 22.3. The fourth-order valence-corrected chi connectivity index (χ4v) is 4.22. The van der Waals surface area contributed by atoms with Gasteiger partial charge in [0.15, 0.2) is 0 Å². The standard InChI is InChI=1S/C15H15BrFN3O4S.ClH/c1-10(9-18)19(15-8-11(16)2-7-14(15)17)25(23,24)13-5-3-12(4-6-13)20(21)22;/h2-8,10H,9,18H2,1H3;1H/t10-;/m0./s1. The number of nitrogens with zero attached hydrogens (tertiary/aromatic N) is 2. The van der Waals surface area contributed by atoms with Crippen molar-refractivity contribution in [1.29, 1.82) is 0 Å². The molecular weight excluding hydrogens is 453 g/mol. The average Bonchev–Trinajstić information content (AvgIpc) is 2.57. The van der Waals surface area contributed by atoms with Gasteiger partial charge in [-0.2, -0.15) is 0 Å². The second kappa shape index (κ2) is 8.76. The lowest BCUT2D eigenvalue weighted by Gasteiger charge is -2.30. The van der Waals surface area contributed by atoms with Crippen LogP contribution >= 0.6 is 28.3 Å². The van der Waals surface area contributed by atoms with Gasteiger partial charge in [-0.25, -0.2) is 12.8 Å². The van der Waals surface area contributed by atoms with E-state index in [9.17, 15) is 22.9 Å². The molecule has 0 aliphatic heterocycles. The van der Waals surface area contributed by atoms with E-state index < -0.39 is 26.8 Å². The molecule has 0 aliphatic rings. The minimum Gasteiger partial charge on any atom is -0.328 e. The Kier molecular flexibility index (Phi) is 7.51. The summed E-state index contributed by atoms with van der Waals surface area (Å²) >= 11 is 3.19. The molecule has 0 saturated carbocycles. The Hall–Kier alpha value is -1.75. The van der Waals surface area contributed by atoms with E-state index in [1.807, 2.05) is 0 Å². The highest BCUT2D eigenvalue weighted by atomic mass is 79.9. The van der Waals surface area contributed by atoms with Crippen LogP contribution in [0.2, 0.25) is 0 Å². The monoisotopic (exact) mass is 467 g/mol. The van der Waals surface area contributed by atoms with E-state index in [4.69, 9.17) is 5.73 Å². The van der Waals surface area contributed by atoms with Crippen molar-refractivity contribution >= 4 is 49.7 Å². The number of anilines is 1. The molecule has 1 atom stereocenters. The number of hydrogen-bond acceptors (Lipinski definition) is 5. The van der Waals surface area contributed by atoms with Gasteiger partial charge in [0.2, 0.25) is 0 Å². The molecule has 0 amide bonds. The van der Waals surface area contributed by atoms with E-state index in [0.29, 0.717) is 4.47 Å². The molecule has 2 aromatic rings. The summed E-state index contributed by atoms with van der Waals surface area (Å²) in [7, 11) is -4.18. The van der Waals surface area contributed by atoms with Crippen LogP contribution in [0.4, 0.5) is 15.8 Å². The Morgan fingerprint density at radius 1 is 1.27 bits per heavy atom. The third-order valence-electron chi connectivity index (χ3n) is 3.49. The number of benzene rings is 2. The van der Waals surface area contributed by atoms with Crippen LogP contribution in [0.25, 0.3) is 0 Å². The molecule has 2 rings (SSSR count). The second-order valence-electron chi connectivity index (χ2n) is 5.23. The normalized spacial score (nSPS) is 12.2. The largest absolute Gasteiger partial charge is 0.328 e. The fourth-order valence-electron chi connectivity index (χ4n) is 2.21. The van der Waals surface area contributed by atoms with Crippen LogP contribution in [0, 0.1) is 15.9 Å². The highest BCUT2D eigenvalue weighted by Crippen LogP contribution is 2.31. The van der Waals surface area contributed by atoms with Gasteiger partial charge in [0.1, 0.15) is 5.82 Å². The highest BCUT2D eigenvalue weighted by Gasteiger charge is 2.31. The quantitative estimate of drug-likeness (QED) is 0.516. The van der Waals surface area contributed by atoms with Crippen LogP contribution in [0.3, 0.4) is 0 Å². The zero-order valence-corrected chi connectivity index (χ0v) is 16.7. The van der Waals surface area contributed by atoms with Crippen molar-refractivity contribution in [3.05, 3.63) is 62.9 Å². The smallest absolute Gasteiger partial charge is 0.269 e. The summed E-state index contributed by atoms with van der Waals surface area (Å²) in [5.74, 6) is -0.728. The maximum absolute atomic E-state index is 14.3. The molecule has 0 bridgehead atoms. The Labute approximate surface area is 164 Å². The summed E-state index contributed by atoms with van der Waals surface area (Å²) in [6.07, 6.45) is 0. The summed E-state index contributed by atoms with van der Waals surface area (Å²) < 4.78 is 41.6. The highest BCUT2D eigenvalue weighted by molar-refractivity contribution is 9.10. The average molecular weight is 469 g/mol. The van der Waals surface area contributed by atoms with E-state index in [-0.39, 0.29) is 35.2 Å². The van der Waals surface area contributed by atoms with Gasteiger partial charge in [-0.1, -0.05) is 15.9 Å². The third-order valence-corrected chi connectivity index (χ3v) is 5.93. The molecule has 0 saturated heterocycles. The van der Waals surface area contributed by atoms with Crippen molar-refractivity contribution in [2.24, 2.45) is 5.73 Å². The molecule has 0 aromatic heterocycles. The number of halogens is 3. The molecule has 26 heavy (non-hydrogen) atoms. The Morgan fingerprint density at radius 3 is 2.35 bits per heavy atom. The van der Waals surface area contributed by atoms with Crippen molar-refractivity contribution < 1.29 is 17.7 Å². The molecule has 0 spiro atoms. The van der Waals surface area contributed by atoms with Crippen LogP contribution < -0.4 is 10.0 Å². The Morgan fingerprint density at radius 2 is 1.85 bits per heavy atom. The lowest BCUT2D eigenvalue weighted by Crippen LogP contribution is -2.43. The maximum Gasteiger partial charge on any atom is 0.269 e. The van der Waals surface area contributed by atoms with E-state index in [0.717, 1.165) is 34.6 Å². The SMILES string of the molecule is C[C@@H](CN)N(c1cc(Br)ccc1F)S(=O)(=O)c1ccc([N+](=O)[O-])cc1.Cl. The molecule has 0 fully saturated rings. The summed E-state index contributed by atoms with van der Waals surface area (Å²) in [6, 6.07) is 7.57. The number of sulfonamides is 1. The van der Waals surface area contributed by atoms with Crippen LogP contribution in [0.5, 0.6) is 0 Å². The van der Waals surface area contributed by atoms with E-state index in [1.54, 1.807) is 6.92 Å². The molecule has 11 heteroatoms. The summed E-state index contributed by atoms with van der Waals surface area (Å²) in [4.78, 5) is 9.90. The number of hydrogen-bond donors (Lipinski definition) is 1. The van der Waals surface area contributed by atoms with Crippen LogP contribution in [-0.4, -0.2) is 25.9 Å². The van der Waals surface area contributed by atoms with Gasteiger partial charge in [-0.05, 0) is 37.3 Å². The summed E-state index contributed by atoms with van der Waals surface area (Å²) in [6.45, 7) is 1.50. The Balaban J connectivity index is 0.00000338. The number of rotatable bonds is 6. The molecule has 0 heterocycles. The van der Waals surface area contributed by atoms with Crippen LogP contribution in [0.1, 0.15) is 6.92 Å². The van der Waals surface area contributed by atoms with E-state index in [1.165, 1.54) is 12.1 Å². The van der Waals surface area contributed by atoms with Gasteiger partial charge < -0.3 is 5.73 Å². The van der Waals surface area contributed by atoms with Crippen LogP contribution in [0.15, 0.2) is 51.8 Å². The van der Waals surface area contributed by atoms with E-state index >= 15 is 0 Å². The van der Waals surface area contributed by atoms with Crippen molar-refractivity contribution in [2.45, 2.75) is 17.9 Å². The van der Waals surface area contributed by atoms with Gasteiger partial charge in [0.05, 0.1) is 21.5 Å². The molecule has 2 N–H and O–H groups in total. The molecule has 0 radical (unpaired) electrons. The zero-order valence-electron chi connectivity index (χ0n) is 13.5. The number of nitrogens with two attached hydrogens (primary N) is 1. The van der Waals surface area contributed by atoms with Gasteiger partial charge in [-0.3, -0.25) is 14.4 Å². The molecule has 0 aliphatic carbocycles. The van der Waals surface area contributed by atoms with Crippen molar-refractivity contribution in [1.82, 2.24) is 0 Å². The van der Waals surface area contributed by atoms with Crippen molar-refractivity contribution in [2.75, 3.05) is 10.8 Å². The lowest BCUT2D eigenvalue weighted by atomic mass is 10.2. The molecule has 142 valence electrons. The van der Waals surface area contributed by atoms with Crippen LogP contribution in [-0.2, 0) is 10.0 Å². The Bertz CT molecular complexity index is 896. The lowest BCUT2D eigenvalue weighted by molar-refractivity contribution is -0.384. The molecular formula is C15H16BrClFN3O4S. The van der Waals surface area contributed by atoms with Gasteiger partial charge in [0.25, 0.3) is 15.7 Å². The van der Waals surface area contributed by atoms with E-state index in [2.05, 4.69) is 15.9 Å². The van der Waals surface area contributed by atoms with Crippen molar-refractivity contribution in [3.8, 4) is 0 Å². The number of nitro benzene ring substituents is 1. The predicted molar refractivity (Wildman–Crippen MR) is 103 cm³/mol. The molecule has 7 nitrogen and oxygen atoms in total.